The highest BCUT2D eigenvalue weighted by molar-refractivity contribution is 8.00. The number of hydrogen-bond donors (Lipinski definition) is 0. The Kier molecular flexibility index (Phi) is 6.83. The molecule has 3 rings (SSSR count). The van der Waals surface area contributed by atoms with Crippen LogP contribution >= 0.6 is 23.4 Å². The molecule has 150 valence electrons. The molecule has 2 aromatic rings. The van der Waals surface area contributed by atoms with Crippen LogP contribution in [0.4, 0.5) is 0 Å². The molecule has 1 aliphatic heterocycles. The van der Waals surface area contributed by atoms with Crippen molar-refractivity contribution < 1.29 is 4.79 Å². The minimum Gasteiger partial charge on any atom is -0.336 e. The zero-order chi connectivity index (χ0) is 20.3. The van der Waals surface area contributed by atoms with Crippen molar-refractivity contribution in [3.8, 4) is 11.4 Å². The number of carbonyl (C=O) groups is 1. The van der Waals surface area contributed by atoms with Gasteiger partial charge in [-0.15, -0.1) is 16.8 Å². The van der Waals surface area contributed by atoms with Crippen molar-refractivity contribution >= 4 is 29.3 Å². The SMILES string of the molecule is C=CCn1c(SC(C)C(=O)N2C(C)CCCC2C)nnc1-c1ccc(Cl)cc1. The number of piperidine rings is 1. The monoisotopic (exact) mass is 418 g/mol. The normalized spacial score (nSPS) is 20.8. The molecule has 3 unspecified atom stereocenters. The first-order valence-corrected chi connectivity index (χ1v) is 11.0. The first kappa shape index (κ1) is 20.9. The van der Waals surface area contributed by atoms with Gasteiger partial charge in [-0.3, -0.25) is 9.36 Å². The van der Waals surface area contributed by atoms with Gasteiger partial charge < -0.3 is 4.90 Å². The van der Waals surface area contributed by atoms with E-state index in [1.165, 1.54) is 18.2 Å². The van der Waals surface area contributed by atoms with Gasteiger partial charge in [-0.2, -0.15) is 0 Å². The predicted octanol–water partition coefficient (Wildman–Crippen LogP) is 5.05. The number of rotatable bonds is 6. The number of allylic oxidation sites excluding steroid dienone is 1. The van der Waals surface area contributed by atoms with Crippen molar-refractivity contribution in [1.29, 1.82) is 0 Å². The molecular weight excluding hydrogens is 392 g/mol. The highest BCUT2D eigenvalue weighted by Crippen LogP contribution is 2.31. The number of amides is 1. The van der Waals surface area contributed by atoms with E-state index in [-0.39, 0.29) is 23.2 Å². The highest BCUT2D eigenvalue weighted by atomic mass is 35.5. The van der Waals surface area contributed by atoms with Gasteiger partial charge in [-0.25, -0.2) is 0 Å². The summed E-state index contributed by atoms with van der Waals surface area (Å²) in [5.74, 6) is 0.921. The van der Waals surface area contributed by atoms with Gasteiger partial charge in [0.1, 0.15) is 0 Å². The van der Waals surface area contributed by atoms with Gasteiger partial charge in [-0.05, 0) is 64.3 Å². The third kappa shape index (κ3) is 4.44. The van der Waals surface area contributed by atoms with Gasteiger partial charge in [0.2, 0.25) is 5.91 Å². The summed E-state index contributed by atoms with van der Waals surface area (Å²) in [5, 5.41) is 9.90. The van der Waals surface area contributed by atoms with Gasteiger partial charge in [0.15, 0.2) is 11.0 Å². The third-order valence-corrected chi connectivity index (χ3v) is 6.53. The summed E-state index contributed by atoms with van der Waals surface area (Å²) in [6.07, 6.45) is 5.14. The van der Waals surface area contributed by atoms with E-state index >= 15 is 0 Å². The lowest BCUT2D eigenvalue weighted by Gasteiger charge is -2.40. The third-order valence-electron chi connectivity index (χ3n) is 5.21. The molecule has 2 heterocycles. The zero-order valence-corrected chi connectivity index (χ0v) is 18.2. The lowest BCUT2D eigenvalue weighted by molar-refractivity contribution is -0.136. The molecule has 0 saturated carbocycles. The fourth-order valence-electron chi connectivity index (χ4n) is 3.76. The number of hydrogen-bond acceptors (Lipinski definition) is 4. The van der Waals surface area contributed by atoms with E-state index in [1.54, 1.807) is 0 Å². The summed E-state index contributed by atoms with van der Waals surface area (Å²) in [6.45, 7) is 10.7. The maximum Gasteiger partial charge on any atom is 0.236 e. The summed E-state index contributed by atoms with van der Waals surface area (Å²) in [7, 11) is 0. The molecule has 0 radical (unpaired) electrons. The number of nitrogens with zero attached hydrogens (tertiary/aromatic N) is 4. The summed E-state index contributed by atoms with van der Waals surface area (Å²) < 4.78 is 1.99. The van der Waals surface area contributed by atoms with Gasteiger partial charge in [0.05, 0.1) is 5.25 Å². The largest absolute Gasteiger partial charge is 0.336 e. The topological polar surface area (TPSA) is 51.0 Å². The Hall–Kier alpha value is -1.79. The Labute approximate surface area is 176 Å². The smallest absolute Gasteiger partial charge is 0.236 e. The molecule has 1 aromatic heterocycles. The Morgan fingerprint density at radius 3 is 2.54 bits per heavy atom. The Bertz CT molecular complexity index is 825. The van der Waals surface area contributed by atoms with Crippen LogP contribution in [0.1, 0.15) is 40.0 Å². The molecule has 7 heteroatoms. The van der Waals surface area contributed by atoms with Crippen LogP contribution in [0.15, 0.2) is 42.1 Å². The van der Waals surface area contributed by atoms with Gasteiger partial charge in [0, 0.05) is 29.2 Å². The van der Waals surface area contributed by atoms with Crippen molar-refractivity contribution in [2.45, 2.75) is 69.1 Å². The summed E-state index contributed by atoms with van der Waals surface area (Å²) in [6, 6.07) is 8.09. The number of thioether (sulfide) groups is 1. The van der Waals surface area contributed by atoms with Crippen LogP contribution in [0.5, 0.6) is 0 Å². The van der Waals surface area contributed by atoms with Crippen LogP contribution in [-0.2, 0) is 11.3 Å². The minimum atomic E-state index is -0.228. The van der Waals surface area contributed by atoms with E-state index in [4.69, 9.17) is 11.6 Å². The average molecular weight is 419 g/mol. The average Bonchev–Trinajstić information content (AvgIpc) is 3.05. The maximum atomic E-state index is 13.1. The molecule has 3 atom stereocenters. The number of halogens is 1. The van der Waals surface area contributed by atoms with E-state index in [0.29, 0.717) is 11.6 Å². The second kappa shape index (κ2) is 9.14. The van der Waals surface area contributed by atoms with Crippen LogP contribution in [0.3, 0.4) is 0 Å². The van der Waals surface area contributed by atoms with E-state index in [2.05, 4.69) is 35.5 Å². The van der Waals surface area contributed by atoms with E-state index in [0.717, 1.165) is 29.4 Å². The van der Waals surface area contributed by atoms with Crippen LogP contribution in [0, 0.1) is 0 Å². The quantitative estimate of drug-likeness (QED) is 0.486. The van der Waals surface area contributed by atoms with Crippen LogP contribution < -0.4 is 0 Å². The van der Waals surface area contributed by atoms with E-state index in [1.807, 2.05) is 41.8 Å². The van der Waals surface area contributed by atoms with Crippen molar-refractivity contribution in [3.05, 3.63) is 41.9 Å². The highest BCUT2D eigenvalue weighted by Gasteiger charge is 2.32. The second-order valence-corrected chi connectivity index (χ2v) is 9.09. The van der Waals surface area contributed by atoms with E-state index in [9.17, 15) is 4.79 Å². The molecule has 0 N–H and O–H groups in total. The lowest BCUT2D eigenvalue weighted by Crippen LogP contribution is -2.50. The van der Waals surface area contributed by atoms with Crippen molar-refractivity contribution in [1.82, 2.24) is 19.7 Å². The summed E-state index contributed by atoms with van der Waals surface area (Å²) in [5.41, 5.74) is 0.933. The molecule has 0 aliphatic carbocycles. The fraction of sp³-hybridized carbons (Fsp3) is 0.476. The second-order valence-electron chi connectivity index (χ2n) is 7.35. The standard InChI is InChI=1S/C21H27ClN4OS/c1-5-13-25-19(17-9-11-18(22)12-10-17)23-24-21(25)28-16(4)20(27)26-14(2)7-6-8-15(26)3/h5,9-12,14-16H,1,6-8,13H2,2-4H3. The molecule has 1 aliphatic rings. The van der Waals surface area contributed by atoms with Crippen molar-refractivity contribution in [2.75, 3.05) is 0 Å². The fourth-order valence-corrected chi connectivity index (χ4v) is 4.80. The van der Waals surface area contributed by atoms with Crippen LogP contribution in [-0.4, -0.2) is 42.9 Å². The van der Waals surface area contributed by atoms with Gasteiger partial charge in [-0.1, -0.05) is 29.4 Å². The van der Waals surface area contributed by atoms with E-state index < -0.39 is 0 Å². The van der Waals surface area contributed by atoms with Crippen molar-refractivity contribution in [2.24, 2.45) is 0 Å². The zero-order valence-electron chi connectivity index (χ0n) is 16.6. The molecular formula is C21H27ClN4OS. The molecule has 0 bridgehead atoms. The Balaban J connectivity index is 1.82. The first-order chi connectivity index (χ1) is 13.4. The van der Waals surface area contributed by atoms with Crippen LogP contribution in [0.25, 0.3) is 11.4 Å². The molecule has 28 heavy (non-hydrogen) atoms. The van der Waals surface area contributed by atoms with Crippen LogP contribution in [0.2, 0.25) is 5.02 Å². The van der Waals surface area contributed by atoms with Gasteiger partial charge in [0.25, 0.3) is 0 Å². The van der Waals surface area contributed by atoms with Gasteiger partial charge >= 0.3 is 0 Å². The number of benzene rings is 1. The molecule has 1 saturated heterocycles. The number of aromatic nitrogens is 3. The molecule has 1 amide bonds. The number of likely N-dealkylation sites (tertiary alicyclic amines) is 1. The number of carbonyl (C=O) groups excluding carboxylic acids is 1. The predicted molar refractivity (Wildman–Crippen MR) is 116 cm³/mol. The maximum absolute atomic E-state index is 13.1. The van der Waals surface area contributed by atoms with Crippen molar-refractivity contribution in [3.63, 3.8) is 0 Å². The first-order valence-electron chi connectivity index (χ1n) is 9.71. The summed E-state index contributed by atoms with van der Waals surface area (Å²) in [4.78, 5) is 15.2. The Morgan fingerprint density at radius 2 is 1.93 bits per heavy atom. The Morgan fingerprint density at radius 1 is 1.29 bits per heavy atom. The lowest BCUT2D eigenvalue weighted by atomic mass is 9.97. The molecule has 0 spiro atoms. The molecule has 5 nitrogen and oxygen atoms in total. The molecule has 1 aromatic carbocycles. The minimum absolute atomic E-state index is 0.172. The molecule has 1 fully saturated rings. The summed E-state index contributed by atoms with van der Waals surface area (Å²) >= 11 is 7.46.